The molecule has 1 aliphatic heterocycles. The predicted octanol–water partition coefficient (Wildman–Crippen LogP) is 2.20. The zero-order valence-corrected chi connectivity index (χ0v) is 14.6. The minimum absolute atomic E-state index is 0.387. The van der Waals surface area contributed by atoms with Gasteiger partial charge in [0.1, 0.15) is 0 Å². The molecule has 0 bridgehead atoms. The monoisotopic (exact) mass is 336 g/mol. The predicted molar refractivity (Wildman–Crippen MR) is 89.5 cm³/mol. The highest BCUT2D eigenvalue weighted by Crippen LogP contribution is 2.27. The van der Waals surface area contributed by atoms with Crippen LogP contribution >= 0.6 is 11.3 Å². The van der Waals surface area contributed by atoms with Crippen LogP contribution in [0, 0.1) is 0 Å². The fraction of sp³-hybridized carbons (Fsp3) is 0.625. The third-order valence-corrected chi connectivity index (χ3v) is 5.05. The Morgan fingerprint density at radius 3 is 2.87 bits per heavy atom. The van der Waals surface area contributed by atoms with Gasteiger partial charge >= 0.3 is 0 Å². The SMILES string of the molecule is CCc1noc(CN(C)C[C@@H](c2cccs2)N2CCOCC2)n1. The van der Waals surface area contributed by atoms with E-state index in [-0.39, 0.29) is 0 Å². The summed E-state index contributed by atoms with van der Waals surface area (Å²) in [5.41, 5.74) is 0. The zero-order chi connectivity index (χ0) is 16.1. The number of rotatable bonds is 7. The van der Waals surface area contributed by atoms with E-state index in [1.807, 2.05) is 18.3 Å². The first kappa shape index (κ1) is 16.6. The maximum atomic E-state index is 5.50. The van der Waals surface area contributed by atoms with Gasteiger partial charge in [0.05, 0.1) is 25.8 Å². The summed E-state index contributed by atoms with van der Waals surface area (Å²) in [6.45, 7) is 7.24. The van der Waals surface area contributed by atoms with Crippen molar-refractivity contribution in [3.8, 4) is 0 Å². The lowest BCUT2D eigenvalue weighted by atomic mass is 10.1. The highest BCUT2D eigenvalue weighted by atomic mass is 32.1. The van der Waals surface area contributed by atoms with Gasteiger partial charge in [0.2, 0.25) is 5.89 Å². The van der Waals surface area contributed by atoms with E-state index in [2.05, 4.69) is 44.5 Å². The average molecular weight is 336 g/mol. The summed E-state index contributed by atoms with van der Waals surface area (Å²) in [5.74, 6) is 1.47. The van der Waals surface area contributed by atoms with E-state index in [1.165, 1.54) is 4.88 Å². The van der Waals surface area contributed by atoms with Gasteiger partial charge in [-0.05, 0) is 18.5 Å². The Kier molecular flexibility index (Phi) is 5.77. The molecule has 0 amide bonds. The fourth-order valence-electron chi connectivity index (χ4n) is 2.84. The minimum Gasteiger partial charge on any atom is -0.379 e. The largest absolute Gasteiger partial charge is 0.379 e. The molecule has 0 aromatic carbocycles. The fourth-order valence-corrected chi connectivity index (χ4v) is 3.70. The molecule has 1 aliphatic rings. The molecule has 2 aromatic heterocycles. The summed E-state index contributed by atoms with van der Waals surface area (Å²) in [4.78, 5) is 10.6. The summed E-state index contributed by atoms with van der Waals surface area (Å²) in [6, 6.07) is 4.73. The molecule has 0 spiro atoms. The minimum atomic E-state index is 0.387. The van der Waals surface area contributed by atoms with Crippen molar-refractivity contribution in [2.45, 2.75) is 25.9 Å². The number of ether oxygens (including phenoxy) is 1. The van der Waals surface area contributed by atoms with E-state index >= 15 is 0 Å². The Bertz CT molecular complexity index is 581. The molecule has 1 atom stereocenters. The van der Waals surface area contributed by atoms with Gasteiger partial charge in [-0.25, -0.2) is 0 Å². The Labute approximate surface area is 141 Å². The Balaban J connectivity index is 1.65. The molecule has 1 fully saturated rings. The summed E-state index contributed by atoms with van der Waals surface area (Å²) >= 11 is 1.82. The molecular formula is C16H24N4O2S. The third kappa shape index (κ3) is 4.38. The highest BCUT2D eigenvalue weighted by molar-refractivity contribution is 7.10. The van der Waals surface area contributed by atoms with Crippen LogP contribution in [0.25, 0.3) is 0 Å². The second-order valence-electron chi connectivity index (χ2n) is 5.83. The molecule has 3 heterocycles. The maximum absolute atomic E-state index is 5.50. The van der Waals surface area contributed by atoms with E-state index in [4.69, 9.17) is 9.26 Å². The van der Waals surface area contributed by atoms with Crippen LogP contribution in [-0.4, -0.2) is 59.8 Å². The Morgan fingerprint density at radius 2 is 2.22 bits per heavy atom. The summed E-state index contributed by atoms with van der Waals surface area (Å²) in [5, 5.41) is 6.12. The maximum Gasteiger partial charge on any atom is 0.240 e. The lowest BCUT2D eigenvalue weighted by molar-refractivity contribution is 0.00908. The van der Waals surface area contributed by atoms with Crippen LogP contribution in [0.1, 0.15) is 29.6 Å². The molecule has 0 aliphatic carbocycles. The standard InChI is InChI=1S/C16H24N4O2S/c1-3-15-17-16(22-18-15)12-19(2)11-13(14-5-4-10-23-14)20-6-8-21-9-7-20/h4-5,10,13H,3,6-9,11-12H2,1-2H3/t13-/m0/s1. The van der Waals surface area contributed by atoms with E-state index in [0.717, 1.165) is 45.1 Å². The van der Waals surface area contributed by atoms with Gasteiger partial charge in [-0.3, -0.25) is 9.80 Å². The van der Waals surface area contributed by atoms with Crippen molar-refractivity contribution in [2.75, 3.05) is 39.9 Å². The topological polar surface area (TPSA) is 54.6 Å². The number of hydrogen-bond acceptors (Lipinski definition) is 7. The van der Waals surface area contributed by atoms with Crippen molar-refractivity contribution in [3.05, 3.63) is 34.1 Å². The number of thiophene rings is 1. The quantitative estimate of drug-likeness (QED) is 0.773. The number of aryl methyl sites for hydroxylation is 1. The lowest BCUT2D eigenvalue weighted by Gasteiger charge is -2.35. The lowest BCUT2D eigenvalue weighted by Crippen LogP contribution is -2.42. The zero-order valence-electron chi connectivity index (χ0n) is 13.8. The second-order valence-corrected chi connectivity index (χ2v) is 6.81. The van der Waals surface area contributed by atoms with Crippen molar-refractivity contribution in [3.63, 3.8) is 0 Å². The van der Waals surface area contributed by atoms with Gasteiger partial charge in [-0.2, -0.15) is 4.98 Å². The van der Waals surface area contributed by atoms with Gasteiger partial charge in [0.15, 0.2) is 5.82 Å². The van der Waals surface area contributed by atoms with Crippen molar-refractivity contribution < 1.29 is 9.26 Å². The molecule has 0 radical (unpaired) electrons. The first-order chi connectivity index (χ1) is 11.3. The number of nitrogens with zero attached hydrogens (tertiary/aromatic N) is 4. The van der Waals surface area contributed by atoms with Crippen LogP contribution in [0.3, 0.4) is 0 Å². The second kappa shape index (κ2) is 8.01. The summed E-state index contributed by atoms with van der Waals surface area (Å²) < 4.78 is 10.8. The molecule has 2 aromatic rings. The molecule has 6 nitrogen and oxygen atoms in total. The number of hydrogen-bond donors (Lipinski definition) is 0. The van der Waals surface area contributed by atoms with Gasteiger partial charge < -0.3 is 9.26 Å². The molecule has 3 rings (SSSR count). The molecule has 1 saturated heterocycles. The van der Waals surface area contributed by atoms with Crippen LogP contribution in [0.15, 0.2) is 22.0 Å². The van der Waals surface area contributed by atoms with Gasteiger partial charge in [0, 0.05) is 30.9 Å². The van der Waals surface area contributed by atoms with Crippen LogP contribution in [0.4, 0.5) is 0 Å². The molecule has 126 valence electrons. The van der Waals surface area contributed by atoms with Crippen molar-refractivity contribution in [1.82, 2.24) is 19.9 Å². The average Bonchev–Trinajstić information content (AvgIpc) is 3.25. The molecule has 0 N–H and O–H groups in total. The van der Waals surface area contributed by atoms with Crippen molar-refractivity contribution in [2.24, 2.45) is 0 Å². The molecule has 7 heteroatoms. The molecule has 0 saturated carbocycles. The van der Waals surface area contributed by atoms with Crippen LogP contribution < -0.4 is 0 Å². The van der Waals surface area contributed by atoms with E-state index in [9.17, 15) is 0 Å². The van der Waals surface area contributed by atoms with Gasteiger partial charge in [-0.1, -0.05) is 18.1 Å². The third-order valence-electron chi connectivity index (χ3n) is 4.07. The van der Waals surface area contributed by atoms with E-state index in [0.29, 0.717) is 18.5 Å². The van der Waals surface area contributed by atoms with Gasteiger partial charge in [0.25, 0.3) is 0 Å². The first-order valence-electron chi connectivity index (χ1n) is 8.11. The smallest absolute Gasteiger partial charge is 0.240 e. The molecule has 0 unspecified atom stereocenters. The summed E-state index contributed by atoms with van der Waals surface area (Å²) in [6.07, 6.45) is 0.804. The Morgan fingerprint density at radius 1 is 1.39 bits per heavy atom. The van der Waals surface area contributed by atoms with Gasteiger partial charge in [-0.15, -0.1) is 11.3 Å². The molecule has 23 heavy (non-hydrogen) atoms. The number of morpholine rings is 1. The molecular weight excluding hydrogens is 312 g/mol. The summed E-state index contributed by atoms with van der Waals surface area (Å²) in [7, 11) is 2.11. The Hall–Kier alpha value is -1.28. The van der Waals surface area contributed by atoms with Crippen molar-refractivity contribution in [1.29, 1.82) is 0 Å². The highest BCUT2D eigenvalue weighted by Gasteiger charge is 2.25. The van der Waals surface area contributed by atoms with E-state index < -0.39 is 0 Å². The van der Waals surface area contributed by atoms with Crippen LogP contribution in [-0.2, 0) is 17.7 Å². The first-order valence-corrected chi connectivity index (χ1v) is 8.99. The van der Waals surface area contributed by atoms with Crippen LogP contribution in [0.5, 0.6) is 0 Å². The normalized spacial score (nSPS) is 17.7. The number of likely N-dealkylation sites (N-methyl/N-ethyl adjacent to an activating group) is 1. The van der Waals surface area contributed by atoms with Crippen molar-refractivity contribution >= 4 is 11.3 Å². The van der Waals surface area contributed by atoms with Crippen LogP contribution in [0.2, 0.25) is 0 Å². The number of aromatic nitrogens is 2. The van der Waals surface area contributed by atoms with E-state index in [1.54, 1.807) is 0 Å².